The average molecular weight is 304 g/mol. The lowest BCUT2D eigenvalue weighted by Gasteiger charge is -2.19. The van der Waals surface area contributed by atoms with Gasteiger partial charge in [-0.1, -0.05) is 0 Å². The molecule has 1 heterocycles. The molecule has 1 atom stereocenters. The van der Waals surface area contributed by atoms with Crippen LogP contribution >= 0.6 is 22.6 Å². The van der Waals surface area contributed by atoms with Crippen molar-refractivity contribution >= 4 is 38.4 Å². The maximum absolute atomic E-state index is 11.3. The molecule has 12 heavy (non-hydrogen) atoms. The fourth-order valence-electron chi connectivity index (χ4n) is 1.11. The van der Waals surface area contributed by atoms with E-state index in [1.807, 2.05) is 0 Å². The number of carbonyl (C=O) groups is 1. The van der Waals surface area contributed by atoms with Crippen LogP contribution in [0.25, 0.3) is 0 Å². The number of sulfone groups is 1. The maximum Gasteiger partial charge on any atom is 0.304 e. The van der Waals surface area contributed by atoms with E-state index in [1.165, 1.54) is 6.92 Å². The molecule has 0 aliphatic carbocycles. The Morgan fingerprint density at radius 1 is 1.58 bits per heavy atom. The van der Waals surface area contributed by atoms with Crippen molar-refractivity contribution in [2.75, 3.05) is 5.75 Å². The summed E-state index contributed by atoms with van der Waals surface area (Å²) in [4.78, 5) is 10.6. The monoisotopic (exact) mass is 304 g/mol. The molecular weight excluding hydrogens is 295 g/mol. The number of hydrogen-bond donors (Lipinski definition) is 0. The van der Waals surface area contributed by atoms with Gasteiger partial charge in [-0.05, 0) is 29.0 Å². The number of ether oxygens (including phenoxy) is 1. The highest BCUT2D eigenvalue weighted by molar-refractivity contribution is 14.1. The molecule has 0 radical (unpaired) electrons. The van der Waals surface area contributed by atoms with Gasteiger partial charge in [0.25, 0.3) is 2.94 Å². The Hall–Kier alpha value is 0.150. The van der Waals surface area contributed by atoms with Gasteiger partial charge in [0.15, 0.2) is 0 Å². The summed E-state index contributed by atoms with van der Waals surface area (Å²) in [7, 11) is -3.24. The van der Waals surface area contributed by atoms with E-state index >= 15 is 0 Å². The molecule has 1 rings (SSSR count). The molecule has 1 unspecified atom stereocenters. The Balaban J connectivity index is 2.91. The molecule has 4 nitrogen and oxygen atoms in total. The van der Waals surface area contributed by atoms with Gasteiger partial charge in [-0.25, -0.2) is 8.42 Å². The Bertz CT molecular complexity index is 297. The molecule has 0 spiro atoms. The molecule has 6 heteroatoms. The first kappa shape index (κ1) is 10.2. The van der Waals surface area contributed by atoms with E-state index in [4.69, 9.17) is 4.74 Å². The van der Waals surface area contributed by atoms with Crippen molar-refractivity contribution < 1.29 is 17.9 Å². The third-order valence-electron chi connectivity index (χ3n) is 1.65. The quantitative estimate of drug-likeness (QED) is 0.409. The molecule has 0 bridgehead atoms. The molecule has 1 saturated heterocycles. The molecule has 0 N–H and O–H groups in total. The standard InChI is InChI=1S/C6H9IO4S/c1-5(8)11-6(7)3-2-4-12(6,9)10/h2-4H2,1H3. The van der Waals surface area contributed by atoms with Crippen LogP contribution in [0.4, 0.5) is 0 Å². The van der Waals surface area contributed by atoms with Crippen molar-refractivity contribution in [2.45, 2.75) is 22.7 Å². The van der Waals surface area contributed by atoms with E-state index in [9.17, 15) is 13.2 Å². The zero-order valence-electron chi connectivity index (χ0n) is 6.54. The topological polar surface area (TPSA) is 60.4 Å². The molecule has 1 aliphatic rings. The predicted octanol–water partition coefficient (Wildman–Crippen LogP) is 0.847. The average Bonchev–Trinajstić information content (AvgIpc) is 2.05. The van der Waals surface area contributed by atoms with Crippen LogP contribution in [0.3, 0.4) is 0 Å². The minimum Gasteiger partial charge on any atom is -0.433 e. The van der Waals surface area contributed by atoms with Crippen molar-refractivity contribution in [2.24, 2.45) is 0 Å². The normalized spacial score (nSPS) is 33.2. The van der Waals surface area contributed by atoms with Crippen molar-refractivity contribution in [3.05, 3.63) is 0 Å². The summed E-state index contributed by atoms with van der Waals surface area (Å²) in [5.74, 6) is -0.432. The lowest BCUT2D eigenvalue weighted by atomic mass is 10.4. The Morgan fingerprint density at radius 2 is 2.17 bits per heavy atom. The van der Waals surface area contributed by atoms with Gasteiger partial charge in [0.05, 0.1) is 5.75 Å². The van der Waals surface area contributed by atoms with Crippen LogP contribution in [-0.2, 0) is 19.4 Å². The molecule has 1 fully saturated rings. The Morgan fingerprint density at radius 3 is 2.50 bits per heavy atom. The number of halogens is 1. The summed E-state index contributed by atoms with van der Waals surface area (Å²) < 4.78 is 26.1. The first-order valence-corrected chi connectivity index (χ1v) is 6.21. The van der Waals surface area contributed by atoms with Gasteiger partial charge >= 0.3 is 5.97 Å². The van der Waals surface area contributed by atoms with Crippen LogP contribution in [-0.4, -0.2) is 23.1 Å². The van der Waals surface area contributed by atoms with Gasteiger partial charge < -0.3 is 4.74 Å². The van der Waals surface area contributed by atoms with Crippen LogP contribution in [0.2, 0.25) is 0 Å². The van der Waals surface area contributed by atoms with Gasteiger partial charge in [-0.3, -0.25) is 4.79 Å². The molecule has 0 aromatic heterocycles. The molecule has 0 aromatic carbocycles. The van der Waals surface area contributed by atoms with Crippen molar-refractivity contribution in [3.8, 4) is 0 Å². The third kappa shape index (κ3) is 1.73. The van der Waals surface area contributed by atoms with Crippen molar-refractivity contribution in [1.82, 2.24) is 0 Å². The minimum atomic E-state index is -3.24. The number of alkyl halides is 1. The van der Waals surface area contributed by atoms with Crippen molar-refractivity contribution in [3.63, 3.8) is 0 Å². The third-order valence-corrected chi connectivity index (χ3v) is 6.46. The van der Waals surface area contributed by atoms with E-state index in [2.05, 4.69) is 0 Å². The van der Waals surface area contributed by atoms with E-state index in [1.54, 1.807) is 22.6 Å². The van der Waals surface area contributed by atoms with Gasteiger partial charge in [-0.2, -0.15) is 0 Å². The lowest BCUT2D eigenvalue weighted by molar-refractivity contribution is -0.143. The van der Waals surface area contributed by atoms with Crippen LogP contribution in [0.1, 0.15) is 19.8 Å². The fourth-order valence-corrected chi connectivity index (χ4v) is 3.99. The van der Waals surface area contributed by atoms with Gasteiger partial charge in [0, 0.05) is 13.3 Å². The van der Waals surface area contributed by atoms with Crippen LogP contribution in [0, 0.1) is 0 Å². The second kappa shape index (κ2) is 3.13. The molecule has 0 aromatic rings. The minimum absolute atomic E-state index is 0.114. The van der Waals surface area contributed by atoms with Crippen LogP contribution in [0.5, 0.6) is 0 Å². The second-order valence-corrected chi connectivity index (χ2v) is 7.45. The first-order valence-electron chi connectivity index (χ1n) is 3.48. The number of hydrogen-bond acceptors (Lipinski definition) is 4. The Labute approximate surface area is 84.7 Å². The van der Waals surface area contributed by atoms with E-state index in [0.29, 0.717) is 12.8 Å². The van der Waals surface area contributed by atoms with E-state index in [0.717, 1.165) is 0 Å². The molecule has 0 saturated carbocycles. The van der Waals surface area contributed by atoms with E-state index < -0.39 is 18.7 Å². The number of esters is 1. The van der Waals surface area contributed by atoms with Crippen LogP contribution in [0.15, 0.2) is 0 Å². The number of rotatable bonds is 1. The molecule has 1 aliphatic heterocycles. The van der Waals surface area contributed by atoms with Gasteiger partial charge in [0.2, 0.25) is 9.84 Å². The van der Waals surface area contributed by atoms with Gasteiger partial charge in [-0.15, -0.1) is 0 Å². The maximum atomic E-state index is 11.3. The summed E-state index contributed by atoms with van der Waals surface area (Å²) in [6.07, 6.45) is 0.966. The highest BCUT2D eigenvalue weighted by atomic mass is 127. The van der Waals surface area contributed by atoms with Gasteiger partial charge in [0.1, 0.15) is 0 Å². The summed E-state index contributed by atoms with van der Waals surface area (Å²) in [6.45, 7) is 1.22. The summed E-state index contributed by atoms with van der Waals surface area (Å²) in [5.41, 5.74) is 0. The molecule has 0 amide bonds. The second-order valence-electron chi connectivity index (χ2n) is 2.68. The van der Waals surface area contributed by atoms with Crippen LogP contribution < -0.4 is 0 Å². The zero-order chi connectivity index (χ0) is 9.41. The molecule has 70 valence electrons. The summed E-state index contributed by atoms with van der Waals surface area (Å²) in [6, 6.07) is 0. The van der Waals surface area contributed by atoms with Crippen molar-refractivity contribution in [1.29, 1.82) is 0 Å². The zero-order valence-corrected chi connectivity index (χ0v) is 9.51. The smallest absolute Gasteiger partial charge is 0.304 e. The summed E-state index contributed by atoms with van der Waals surface area (Å²) in [5, 5.41) is 0. The highest BCUT2D eigenvalue weighted by Crippen LogP contribution is 2.39. The summed E-state index contributed by atoms with van der Waals surface area (Å²) >= 11 is 1.69. The fraction of sp³-hybridized carbons (Fsp3) is 0.833. The highest BCUT2D eigenvalue weighted by Gasteiger charge is 2.48. The Kier molecular flexibility index (Phi) is 2.67. The first-order chi connectivity index (χ1) is 5.37. The largest absolute Gasteiger partial charge is 0.433 e. The lowest BCUT2D eigenvalue weighted by Crippen LogP contribution is -2.32. The predicted molar refractivity (Wildman–Crippen MR) is 51.5 cm³/mol. The number of carbonyl (C=O) groups excluding carboxylic acids is 1. The van der Waals surface area contributed by atoms with E-state index in [-0.39, 0.29) is 5.75 Å². The molecular formula is C6H9IO4S. The SMILES string of the molecule is CC(=O)OC1(I)CCCS1(=O)=O.